The Hall–Kier alpha value is -6.27. The number of hydrogen-bond donors (Lipinski definition) is 0. The third-order valence-electron chi connectivity index (χ3n) is 8.94. The van der Waals surface area contributed by atoms with Gasteiger partial charge in [0.1, 0.15) is 13.2 Å². The molecule has 362 valence electrons. The average molecular weight is 911 g/mol. The van der Waals surface area contributed by atoms with Gasteiger partial charge in [-0.05, 0) is 70.6 Å². The first kappa shape index (κ1) is 60.7. The summed E-state index contributed by atoms with van der Waals surface area (Å²) in [6.07, 6.45) is 83.4. The molecule has 0 bridgehead atoms. The fourth-order valence-electron chi connectivity index (χ4n) is 5.37. The van der Waals surface area contributed by atoms with E-state index in [-0.39, 0.29) is 44.4 Å². The zero-order chi connectivity index (χ0) is 48.6. The maximum Gasteiger partial charge on any atom is 0.306 e. The fourth-order valence-corrected chi connectivity index (χ4v) is 5.37. The largest absolute Gasteiger partial charge is 0.462 e. The lowest BCUT2D eigenvalue weighted by atomic mass is 10.1. The molecular weight excluding hydrogens is 829 g/mol. The van der Waals surface area contributed by atoms with Crippen LogP contribution in [0.15, 0.2) is 219 Å². The molecule has 0 N–H and O–H groups in total. The van der Waals surface area contributed by atoms with Gasteiger partial charge in [-0.2, -0.15) is 0 Å². The molecule has 1 atom stereocenters. The van der Waals surface area contributed by atoms with Crippen molar-refractivity contribution in [3.63, 3.8) is 0 Å². The summed E-state index contributed by atoms with van der Waals surface area (Å²) in [6, 6.07) is 0. The molecule has 0 aromatic heterocycles. The van der Waals surface area contributed by atoms with Crippen LogP contribution in [0.4, 0.5) is 0 Å². The number of unbranched alkanes of at least 4 members (excludes halogenated alkanes) is 7. The Bertz CT molecular complexity index is 1800. The maximum absolute atomic E-state index is 12.8. The van der Waals surface area contributed by atoms with Crippen molar-refractivity contribution in [1.82, 2.24) is 0 Å². The highest BCUT2D eigenvalue weighted by Crippen LogP contribution is 2.10. The van der Waals surface area contributed by atoms with Crippen molar-refractivity contribution in [2.75, 3.05) is 13.2 Å². The fraction of sp³-hybridized carbons (Fsp3) is 0.361. The molecule has 0 saturated heterocycles. The van der Waals surface area contributed by atoms with Crippen LogP contribution in [0.5, 0.6) is 0 Å². The molecule has 1 unspecified atom stereocenters. The summed E-state index contributed by atoms with van der Waals surface area (Å²) >= 11 is 0. The molecule has 0 aliphatic carbocycles. The van der Waals surface area contributed by atoms with Crippen molar-refractivity contribution >= 4 is 17.9 Å². The Balaban J connectivity index is 4.75. The van der Waals surface area contributed by atoms with Gasteiger partial charge in [0, 0.05) is 19.3 Å². The number of esters is 3. The zero-order valence-electron chi connectivity index (χ0n) is 41.0. The first-order valence-corrected chi connectivity index (χ1v) is 24.5. The quantitative estimate of drug-likeness (QED) is 0.0265. The minimum Gasteiger partial charge on any atom is -0.462 e. The third-order valence-corrected chi connectivity index (χ3v) is 8.94. The summed E-state index contributed by atoms with van der Waals surface area (Å²) in [6.45, 7) is 6.00. The van der Waals surface area contributed by atoms with E-state index in [4.69, 9.17) is 14.2 Å². The lowest BCUT2D eigenvalue weighted by Crippen LogP contribution is -2.30. The molecule has 0 aliphatic heterocycles. The highest BCUT2D eigenvalue weighted by Gasteiger charge is 2.19. The SMILES string of the molecule is CC\C=C/C=C\C=C/C=C\C=C/CCCC(=O)OCC(COC(=O)CCCCC\C=C/C=C\C=C\C=C/C=C\C=C/C=C\CC)OC(=O)CCCCC\C=C/C=C/C=C\C=C/C=C\C=C/CC. The van der Waals surface area contributed by atoms with Gasteiger partial charge in [0.2, 0.25) is 0 Å². The van der Waals surface area contributed by atoms with Gasteiger partial charge in [0.15, 0.2) is 6.10 Å². The van der Waals surface area contributed by atoms with Gasteiger partial charge in [0.05, 0.1) is 0 Å². The van der Waals surface area contributed by atoms with Crippen LogP contribution in [-0.2, 0) is 28.6 Å². The van der Waals surface area contributed by atoms with E-state index < -0.39 is 12.1 Å². The Morgan fingerprint density at radius 2 is 0.552 bits per heavy atom. The predicted molar refractivity (Wildman–Crippen MR) is 287 cm³/mol. The van der Waals surface area contributed by atoms with Gasteiger partial charge in [0.25, 0.3) is 0 Å². The summed E-state index contributed by atoms with van der Waals surface area (Å²) in [5, 5.41) is 0. The minimum absolute atomic E-state index is 0.158. The van der Waals surface area contributed by atoms with Crippen LogP contribution < -0.4 is 0 Å². The summed E-state index contributed by atoms with van der Waals surface area (Å²) in [5.41, 5.74) is 0. The second-order valence-corrected chi connectivity index (χ2v) is 15.0. The predicted octanol–water partition coefficient (Wildman–Crippen LogP) is 16.3. The van der Waals surface area contributed by atoms with E-state index in [1.54, 1.807) is 0 Å². The summed E-state index contributed by atoms with van der Waals surface area (Å²) in [4.78, 5) is 37.9. The van der Waals surface area contributed by atoms with Gasteiger partial charge in [-0.3, -0.25) is 14.4 Å². The normalized spacial score (nSPS) is 14.0. The first-order chi connectivity index (χ1) is 33.0. The van der Waals surface area contributed by atoms with Gasteiger partial charge in [-0.1, -0.05) is 252 Å². The highest BCUT2D eigenvalue weighted by atomic mass is 16.6. The highest BCUT2D eigenvalue weighted by molar-refractivity contribution is 5.71. The van der Waals surface area contributed by atoms with Crippen molar-refractivity contribution in [1.29, 1.82) is 0 Å². The van der Waals surface area contributed by atoms with Crippen LogP contribution >= 0.6 is 0 Å². The standard InChI is InChI=1S/C61H82O6/c1-4-7-10-13-16-19-22-25-27-29-30-32-33-36-39-42-45-48-51-54-60(63)66-57-58(56-65-59(62)53-50-47-44-41-38-35-24-21-18-15-12-9-6-3)67-61(64)55-52-49-46-43-40-37-34-31-28-26-23-20-17-14-11-8-5-2/h7-41,44,58H,4-6,42-43,45-57H2,1-3H3/b10-7-,11-8-,12-9-,16-13-,17-14-,18-15-,22-19-,23-20-,24-21-,27-25-,28-26-,30-29+,33-32-,34-31+,38-35-,39-36-,40-37-,44-41-. The molecule has 67 heavy (non-hydrogen) atoms. The molecule has 0 aromatic carbocycles. The summed E-state index contributed by atoms with van der Waals surface area (Å²) in [5.74, 6) is -1.15. The van der Waals surface area contributed by atoms with E-state index in [9.17, 15) is 14.4 Å². The molecular formula is C61H82O6. The molecule has 0 heterocycles. The minimum atomic E-state index is -0.865. The number of carbonyl (C=O) groups is 3. The Kier molecular flexibility index (Phi) is 47.5. The van der Waals surface area contributed by atoms with Crippen LogP contribution in [0.25, 0.3) is 0 Å². The third kappa shape index (κ3) is 50.6. The van der Waals surface area contributed by atoms with Gasteiger partial charge in [-0.25, -0.2) is 0 Å². The Labute approximate surface area is 406 Å². The van der Waals surface area contributed by atoms with Gasteiger partial charge < -0.3 is 14.2 Å². The van der Waals surface area contributed by atoms with E-state index in [0.717, 1.165) is 64.2 Å². The molecule has 0 radical (unpaired) electrons. The first-order valence-electron chi connectivity index (χ1n) is 24.5. The smallest absolute Gasteiger partial charge is 0.306 e. The Morgan fingerprint density at radius 3 is 0.866 bits per heavy atom. The van der Waals surface area contributed by atoms with E-state index in [1.165, 1.54) is 0 Å². The summed E-state index contributed by atoms with van der Waals surface area (Å²) < 4.78 is 16.6. The monoisotopic (exact) mass is 911 g/mol. The maximum atomic E-state index is 12.8. The van der Waals surface area contributed by atoms with Crippen LogP contribution in [-0.4, -0.2) is 37.2 Å². The summed E-state index contributed by atoms with van der Waals surface area (Å²) in [7, 11) is 0. The van der Waals surface area contributed by atoms with Crippen molar-refractivity contribution in [2.45, 2.75) is 130 Å². The second kappa shape index (κ2) is 52.4. The van der Waals surface area contributed by atoms with Crippen molar-refractivity contribution < 1.29 is 28.6 Å². The van der Waals surface area contributed by atoms with Crippen LogP contribution in [0.2, 0.25) is 0 Å². The van der Waals surface area contributed by atoms with Gasteiger partial charge >= 0.3 is 17.9 Å². The van der Waals surface area contributed by atoms with Crippen LogP contribution in [0.3, 0.4) is 0 Å². The molecule has 0 spiro atoms. The Morgan fingerprint density at radius 1 is 0.299 bits per heavy atom. The van der Waals surface area contributed by atoms with E-state index in [2.05, 4.69) is 51.2 Å². The van der Waals surface area contributed by atoms with E-state index in [0.29, 0.717) is 19.3 Å². The molecule has 0 aromatic rings. The van der Waals surface area contributed by atoms with Crippen LogP contribution in [0.1, 0.15) is 124 Å². The molecule has 0 saturated carbocycles. The van der Waals surface area contributed by atoms with Crippen molar-refractivity contribution in [2.24, 2.45) is 0 Å². The second-order valence-electron chi connectivity index (χ2n) is 15.0. The number of ether oxygens (including phenoxy) is 3. The van der Waals surface area contributed by atoms with Crippen LogP contribution in [0, 0.1) is 0 Å². The molecule has 0 aliphatic rings. The molecule has 6 nitrogen and oxygen atoms in total. The van der Waals surface area contributed by atoms with E-state index >= 15 is 0 Å². The van der Waals surface area contributed by atoms with Crippen molar-refractivity contribution in [3.05, 3.63) is 219 Å². The van der Waals surface area contributed by atoms with E-state index in [1.807, 2.05) is 188 Å². The number of hydrogen-bond acceptors (Lipinski definition) is 6. The number of carbonyl (C=O) groups excluding carboxylic acids is 3. The lowest BCUT2D eigenvalue weighted by Gasteiger charge is -2.18. The van der Waals surface area contributed by atoms with Crippen molar-refractivity contribution in [3.8, 4) is 0 Å². The molecule has 6 heteroatoms. The van der Waals surface area contributed by atoms with Gasteiger partial charge in [-0.15, -0.1) is 0 Å². The topological polar surface area (TPSA) is 78.9 Å². The lowest BCUT2D eigenvalue weighted by molar-refractivity contribution is -0.167. The molecule has 0 fully saturated rings. The molecule has 0 rings (SSSR count). The zero-order valence-corrected chi connectivity index (χ0v) is 41.0. The average Bonchev–Trinajstić information content (AvgIpc) is 3.33. The number of allylic oxidation sites excluding steroid dienone is 36. The number of rotatable bonds is 39. The molecule has 0 amide bonds.